The SMILES string of the molecule is CN=C(NCC1CCCN(C)C1)NCC(c1ccccc1OC)N1CCCC1.I. The number of nitrogens with zero attached hydrogens (tertiary/aromatic N) is 3. The van der Waals surface area contributed by atoms with E-state index in [0.29, 0.717) is 5.92 Å². The van der Waals surface area contributed by atoms with Crippen molar-refractivity contribution in [1.29, 1.82) is 0 Å². The minimum Gasteiger partial charge on any atom is -0.496 e. The van der Waals surface area contributed by atoms with E-state index >= 15 is 0 Å². The minimum atomic E-state index is 0. The molecule has 0 bridgehead atoms. The number of hydrogen-bond donors (Lipinski definition) is 2. The van der Waals surface area contributed by atoms with Gasteiger partial charge in [0.15, 0.2) is 5.96 Å². The Morgan fingerprint density at radius 1 is 1.17 bits per heavy atom. The molecule has 2 heterocycles. The Bertz CT molecular complexity index is 635. The van der Waals surface area contributed by atoms with Crippen molar-refractivity contribution in [2.75, 3.05) is 60.5 Å². The number of methoxy groups -OCH3 is 1. The molecule has 0 radical (unpaired) electrons. The van der Waals surface area contributed by atoms with Crippen LogP contribution in [0.15, 0.2) is 29.3 Å². The molecule has 1 aromatic carbocycles. The third-order valence-corrected chi connectivity index (χ3v) is 6.05. The maximum atomic E-state index is 5.65. The number of hydrogen-bond acceptors (Lipinski definition) is 4. The molecule has 29 heavy (non-hydrogen) atoms. The molecule has 0 spiro atoms. The zero-order valence-electron chi connectivity index (χ0n) is 18.2. The second kappa shape index (κ2) is 12.6. The maximum Gasteiger partial charge on any atom is 0.191 e. The Hall–Kier alpha value is -1.06. The van der Waals surface area contributed by atoms with E-state index in [1.807, 2.05) is 13.1 Å². The number of ether oxygens (including phenoxy) is 1. The predicted octanol–water partition coefficient (Wildman–Crippen LogP) is 2.96. The molecule has 2 saturated heterocycles. The van der Waals surface area contributed by atoms with Gasteiger partial charge < -0.3 is 20.3 Å². The summed E-state index contributed by atoms with van der Waals surface area (Å²) in [6, 6.07) is 8.69. The van der Waals surface area contributed by atoms with Crippen LogP contribution in [0.3, 0.4) is 0 Å². The monoisotopic (exact) mass is 515 g/mol. The number of likely N-dealkylation sites (tertiary alicyclic amines) is 2. The third kappa shape index (κ3) is 7.00. The molecule has 2 aliphatic heterocycles. The van der Waals surface area contributed by atoms with Crippen molar-refractivity contribution in [3.63, 3.8) is 0 Å². The van der Waals surface area contributed by atoms with Crippen LogP contribution in [0.5, 0.6) is 5.75 Å². The fraction of sp³-hybridized carbons (Fsp3) is 0.682. The molecule has 0 aromatic heterocycles. The summed E-state index contributed by atoms with van der Waals surface area (Å²) < 4.78 is 5.65. The van der Waals surface area contributed by atoms with E-state index in [1.165, 1.54) is 44.3 Å². The molecule has 6 nitrogen and oxygen atoms in total. The van der Waals surface area contributed by atoms with Gasteiger partial charge in [-0.25, -0.2) is 0 Å². The van der Waals surface area contributed by atoms with Gasteiger partial charge in [-0.3, -0.25) is 9.89 Å². The van der Waals surface area contributed by atoms with E-state index in [0.717, 1.165) is 37.9 Å². The molecule has 2 fully saturated rings. The fourth-order valence-electron chi connectivity index (χ4n) is 4.53. The zero-order valence-corrected chi connectivity index (χ0v) is 20.5. The topological polar surface area (TPSA) is 52.1 Å². The summed E-state index contributed by atoms with van der Waals surface area (Å²) in [6.07, 6.45) is 5.13. The van der Waals surface area contributed by atoms with Crippen molar-refractivity contribution in [2.24, 2.45) is 10.9 Å². The van der Waals surface area contributed by atoms with Crippen LogP contribution in [0, 0.1) is 5.92 Å². The van der Waals surface area contributed by atoms with E-state index in [4.69, 9.17) is 4.74 Å². The molecule has 0 aliphatic carbocycles. The highest BCUT2D eigenvalue weighted by Gasteiger charge is 2.26. The molecular weight excluding hydrogens is 477 g/mol. The van der Waals surface area contributed by atoms with E-state index < -0.39 is 0 Å². The summed E-state index contributed by atoms with van der Waals surface area (Å²) in [5.74, 6) is 2.56. The van der Waals surface area contributed by atoms with Crippen molar-refractivity contribution in [3.05, 3.63) is 29.8 Å². The largest absolute Gasteiger partial charge is 0.496 e. The number of rotatable bonds is 7. The molecule has 3 rings (SSSR count). The highest BCUT2D eigenvalue weighted by molar-refractivity contribution is 14.0. The molecule has 0 amide bonds. The van der Waals surface area contributed by atoms with Gasteiger partial charge in [-0.2, -0.15) is 0 Å². The van der Waals surface area contributed by atoms with Crippen LogP contribution in [-0.2, 0) is 0 Å². The minimum absolute atomic E-state index is 0. The number of halogens is 1. The van der Waals surface area contributed by atoms with Gasteiger partial charge in [0.1, 0.15) is 5.75 Å². The summed E-state index contributed by atoms with van der Waals surface area (Å²) in [5.41, 5.74) is 1.25. The standard InChI is InChI=1S/C22H37N5O.HI/c1-23-22(24-15-18-9-8-12-26(2)17-18)25-16-20(27-13-6-7-14-27)19-10-4-5-11-21(19)28-3;/h4-5,10-11,18,20H,6-9,12-17H2,1-3H3,(H2,23,24,25);1H. The second-order valence-electron chi connectivity index (χ2n) is 8.11. The second-order valence-corrected chi connectivity index (χ2v) is 8.11. The summed E-state index contributed by atoms with van der Waals surface area (Å²) in [6.45, 7) is 6.48. The number of aliphatic imine (C=N–C) groups is 1. The Kier molecular flexibility index (Phi) is 10.5. The third-order valence-electron chi connectivity index (χ3n) is 6.05. The van der Waals surface area contributed by atoms with Crippen LogP contribution in [0.2, 0.25) is 0 Å². The van der Waals surface area contributed by atoms with Crippen LogP contribution in [0.1, 0.15) is 37.3 Å². The first-order chi connectivity index (χ1) is 13.7. The highest BCUT2D eigenvalue weighted by atomic mass is 127. The number of benzene rings is 1. The lowest BCUT2D eigenvalue weighted by Gasteiger charge is -2.31. The number of piperidine rings is 1. The van der Waals surface area contributed by atoms with Gasteiger partial charge >= 0.3 is 0 Å². The average Bonchev–Trinajstić information content (AvgIpc) is 3.25. The van der Waals surface area contributed by atoms with Crippen LogP contribution < -0.4 is 15.4 Å². The molecule has 7 heteroatoms. The predicted molar refractivity (Wildman–Crippen MR) is 132 cm³/mol. The van der Waals surface area contributed by atoms with Crippen molar-refractivity contribution in [2.45, 2.75) is 31.7 Å². The smallest absolute Gasteiger partial charge is 0.191 e. The van der Waals surface area contributed by atoms with Crippen LogP contribution in [0.4, 0.5) is 0 Å². The van der Waals surface area contributed by atoms with Crippen molar-refractivity contribution in [3.8, 4) is 5.75 Å². The Labute approximate surface area is 193 Å². The lowest BCUT2D eigenvalue weighted by molar-refractivity contribution is 0.210. The van der Waals surface area contributed by atoms with Gasteiger partial charge in [0.25, 0.3) is 0 Å². The van der Waals surface area contributed by atoms with Gasteiger partial charge in [0, 0.05) is 32.2 Å². The van der Waals surface area contributed by atoms with Crippen molar-refractivity contribution < 1.29 is 4.74 Å². The van der Waals surface area contributed by atoms with Crippen molar-refractivity contribution in [1.82, 2.24) is 20.4 Å². The van der Waals surface area contributed by atoms with Gasteiger partial charge in [0.2, 0.25) is 0 Å². The Balaban J connectivity index is 0.00000300. The molecular formula is C22H38IN5O. The summed E-state index contributed by atoms with van der Waals surface area (Å²) >= 11 is 0. The van der Waals surface area contributed by atoms with Gasteiger partial charge in [-0.1, -0.05) is 18.2 Å². The summed E-state index contributed by atoms with van der Waals surface area (Å²) in [4.78, 5) is 9.45. The lowest BCUT2D eigenvalue weighted by Crippen LogP contribution is -2.46. The quantitative estimate of drug-likeness (QED) is 0.333. The van der Waals surface area contributed by atoms with Crippen molar-refractivity contribution >= 4 is 29.9 Å². The molecule has 1 aromatic rings. The fourth-order valence-corrected chi connectivity index (χ4v) is 4.53. The average molecular weight is 515 g/mol. The number of nitrogens with one attached hydrogen (secondary N) is 2. The van der Waals surface area contributed by atoms with E-state index in [9.17, 15) is 0 Å². The maximum absolute atomic E-state index is 5.65. The first kappa shape index (κ1) is 24.2. The highest BCUT2D eigenvalue weighted by Crippen LogP contribution is 2.31. The first-order valence-electron chi connectivity index (χ1n) is 10.7. The molecule has 2 N–H and O–H groups in total. The van der Waals surface area contributed by atoms with Crippen LogP contribution in [0.25, 0.3) is 0 Å². The van der Waals surface area contributed by atoms with Crippen LogP contribution in [-0.4, -0.2) is 76.2 Å². The number of para-hydroxylation sites is 1. The summed E-state index contributed by atoms with van der Waals surface area (Å²) in [7, 11) is 5.83. The lowest BCUT2D eigenvalue weighted by atomic mass is 9.98. The van der Waals surface area contributed by atoms with Crippen LogP contribution >= 0.6 is 24.0 Å². The summed E-state index contributed by atoms with van der Waals surface area (Å²) in [5, 5.41) is 7.12. The molecule has 2 atom stereocenters. The normalized spacial score (nSPS) is 22.0. The van der Waals surface area contributed by atoms with Gasteiger partial charge in [-0.15, -0.1) is 24.0 Å². The molecule has 2 aliphatic rings. The molecule has 2 unspecified atom stereocenters. The van der Waals surface area contributed by atoms with E-state index in [-0.39, 0.29) is 30.0 Å². The zero-order chi connectivity index (χ0) is 19.8. The van der Waals surface area contributed by atoms with E-state index in [1.54, 1.807) is 7.11 Å². The molecule has 164 valence electrons. The number of guanidine groups is 1. The van der Waals surface area contributed by atoms with Gasteiger partial charge in [-0.05, 0) is 64.3 Å². The first-order valence-corrected chi connectivity index (χ1v) is 10.7. The Morgan fingerprint density at radius 3 is 2.62 bits per heavy atom. The van der Waals surface area contributed by atoms with E-state index in [2.05, 4.69) is 50.7 Å². The Morgan fingerprint density at radius 2 is 1.93 bits per heavy atom. The molecule has 0 saturated carbocycles. The van der Waals surface area contributed by atoms with Gasteiger partial charge in [0.05, 0.1) is 13.2 Å².